The molecule has 17 heavy (non-hydrogen) atoms. The molecule has 0 aliphatic carbocycles. The summed E-state index contributed by atoms with van der Waals surface area (Å²) in [5.41, 5.74) is 4.32. The maximum atomic E-state index is 2.29. The molecule has 0 spiro atoms. The SMILES string of the molecule is Cc1ccc(C)c(-c2ccc(C(C)(C)C)s2)c1. The van der Waals surface area contributed by atoms with Crippen molar-refractivity contribution in [3.05, 3.63) is 46.3 Å². The third-order valence-electron chi connectivity index (χ3n) is 3.00. The van der Waals surface area contributed by atoms with E-state index >= 15 is 0 Å². The fourth-order valence-corrected chi connectivity index (χ4v) is 3.03. The molecule has 0 atom stereocenters. The lowest BCUT2D eigenvalue weighted by atomic mass is 9.95. The van der Waals surface area contributed by atoms with Crippen LogP contribution >= 0.6 is 11.3 Å². The van der Waals surface area contributed by atoms with Crippen molar-refractivity contribution >= 4 is 11.3 Å². The summed E-state index contributed by atoms with van der Waals surface area (Å²) in [4.78, 5) is 2.84. The van der Waals surface area contributed by atoms with Gasteiger partial charge in [0.1, 0.15) is 0 Å². The van der Waals surface area contributed by atoms with Gasteiger partial charge in [-0.05, 0) is 42.5 Å². The molecule has 0 aliphatic rings. The van der Waals surface area contributed by atoms with E-state index in [9.17, 15) is 0 Å². The average Bonchev–Trinajstić information content (AvgIpc) is 2.70. The highest BCUT2D eigenvalue weighted by Gasteiger charge is 2.16. The van der Waals surface area contributed by atoms with Gasteiger partial charge in [-0.15, -0.1) is 11.3 Å². The predicted molar refractivity (Wildman–Crippen MR) is 77.9 cm³/mol. The van der Waals surface area contributed by atoms with Crippen LogP contribution in [0.4, 0.5) is 0 Å². The normalized spacial score (nSPS) is 11.8. The van der Waals surface area contributed by atoms with Gasteiger partial charge >= 0.3 is 0 Å². The summed E-state index contributed by atoms with van der Waals surface area (Å²) < 4.78 is 0. The Hall–Kier alpha value is -1.08. The molecule has 0 radical (unpaired) electrons. The molecular formula is C16H20S. The first-order valence-electron chi connectivity index (χ1n) is 6.06. The van der Waals surface area contributed by atoms with Gasteiger partial charge in [0.15, 0.2) is 0 Å². The molecule has 0 saturated heterocycles. The molecular weight excluding hydrogens is 224 g/mol. The first-order chi connectivity index (χ1) is 7.88. The van der Waals surface area contributed by atoms with E-state index in [1.165, 1.54) is 26.4 Å². The van der Waals surface area contributed by atoms with Gasteiger partial charge in [-0.3, -0.25) is 0 Å². The molecule has 0 fully saturated rings. The van der Waals surface area contributed by atoms with Crippen LogP contribution in [-0.2, 0) is 5.41 Å². The van der Waals surface area contributed by atoms with Crippen LogP contribution in [-0.4, -0.2) is 0 Å². The molecule has 1 aromatic carbocycles. The Kier molecular flexibility index (Phi) is 3.13. The Morgan fingerprint density at radius 3 is 2.24 bits per heavy atom. The molecule has 0 bridgehead atoms. The minimum atomic E-state index is 0.251. The van der Waals surface area contributed by atoms with Gasteiger partial charge in [0, 0.05) is 9.75 Å². The lowest BCUT2D eigenvalue weighted by Crippen LogP contribution is -2.07. The Morgan fingerprint density at radius 2 is 1.65 bits per heavy atom. The Balaban J connectivity index is 2.47. The van der Waals surface area contributed by atoms with Gasteiger partial charge in [0.2, 0.25) is 0 Å². The van der Waals surface area contributed by atoms with E-state index in [2.05, 4.69) is 65.0 Å². The summed E-state index contributed by atoms with van der Waals surface area (Å²) in [5, 5.41) is 0. The summed E-state index contributed by atoms with van der Waals surface area (Å²) in [7, 11) is 0. The van der Waals surface area contributed by atoms with Crippen LogP contribution in [0.3, 0.4) is 0 Å². The first kappa shape index (κ1) is 12.4. The van der Waals surface area contributed by atoms with Gasteiger partial charge in [0.25, 0.3) is 0 Å². The zero-order valence-electron chi connectivity index (χ0n) is 11.3. The van der Waals surface area contributed by atoms with Crippen molar-refractivity contribution in [1.82, 2.24) is 0 Å². The molecule has 2 aromatic rings. The van der Waals surface area contributed by atoms with Gasteiger partial charge < -0.3 is 0 Å². The van der Waals surface area contributed by atoms with E-state index in [-0.39, 0.29) is 5.41 Å². The number of benzene rings is 1. The quantitative estimate of drug-likeness (QED) is 0.636. The van der Waals surface area contributed by atoms with E-state index in [1.807, 2.05) is 11.3 Å². The fourth-order valence-electron chi connectivity index (χ4n) is 1.89. The average molecular weight is 244 g/mol. The number of aryl methyl sites for hydroxylation is 2. The van der Waals surface area contributed by atoms with Crippen molar-refractivity contribution in [2.24, 2.45) is 0 Å². The second kappa shape index (κ2) is 4.30. The fraction of sp³-hybridized carbons (Fsp3) is 0.375. The highest BCUT2D eigenvalue weighted by atomic mass is 32.1. The van der Waals surface area contributed by atoms with Gasteiger partial charge in [-0.2, -0.15) is 0 Å². The smallest absolute Gasteiger partial charge is 0.0348 e. The van der Waals surface area contributed by atoms with Crippen molar-refractivity contribution in [3.8, 4) is 10.4 Å². The number of rotatable bonds is 1. The minimum absolute atomic E-state index is 0.251. The highest BCUT2D eigenvalue weighted by Crippen LogP contribution is 2.36. The van der Waals surface area contributed by atoms with Crippen LogP contribution in [0, 0.1) is 13.8 Å². The van der Waals surface area contributed by atoms with Crippen molar-refractivity contribution < 1.29 is 0 Å². The van der Waals surface area contributed by atoms with Crippen molar-refractivity contribution in [2.45, 2.75) is 40.0 Å². The molecule has 0 N–H and O–H groups in total. The molecule has 0 unspecified atom stereocenters. The topological polar surface area (TPSA) is 0 Å². The zero-order valence-corrected chi connectivity index (χ0v) is 12.1. The number of thiophene rings is 1. The Morgan fingerprint density at radius 1 is 0.941 bits per heavy atom. The van der Waals surface area contributed by atoms with E-state index in [0.29, 0.717) is 0 Å². The summed E-state index contributed by atoms with van der Waals surface area (Å²) in [5.74, 6) is 0. The van der Waals surface area contributed by atoms with Crippen LogP contribution in [0.15, 0.2) is 30.3 Å². The van der Waals surface area contributed by atoms with E-state index in [1.54, 1.807) is 0 Å². The van der Waals surface area contributed by atoms with Gasteiger partial charge in [0.05, 0.1) is 0 Å². The summed E-state index contributed by atoms with van der Waals surface area (Å²) in [6.07, 6.45) is 0. The van der Waals surface area contributed by atoms with Crippen molar-refractivity contribution in [1.29, 1.82) is 0 Å². The molecule has 1 heterocycles. The van der Waals surface area contributed by atoms with E-state index in [4.69, 9.17) is 0 Å². The maximum absolute atomic E-state index is 2.29. The van der Waals surface area contributed by atoms with Crippen LogP contribution < -0.4 is 0 Å². The highest BCUT2D eigenvalue weighted by molar-refractivity contribution is 7.15. The Labute approximate surface area is 108 Å². The molecule has 1 aromatic heterocycles. The van der Waals surface area contributed by atoms with Crippen LogP contribution in [0.5, 0.6) is 0 Å². The third kappa shape index (κ3) is 2.61. The molecule has 90 valence electrons. The lowest BCUT2D eigenvalue weighted by molar-refractivity contribution is 0.604. The molecule has 0 nitrogen and oxygen atoms in total. The molecule has 0 aliphatic heterocycles. The monoisotopic (exact) mass is 244 g/mol. The van der Waals surface area contributed by atoms with Crippen LogP contribution in [0.1, 0.15) is 36.8 Å². The van der Waals surface area contributed by atoms with Crippen LogP contribution in [0.25, 0.3) is 10.4 Å². The second-order valence-corrected chi connectivity index (χ2v) is 6.82. The summed E-state index contributed by atoms with van der Waals surface area (Å²) in [6, 6.07) is 11.2. The standard InChI is InChI=1S/C16H20S/c1-11-6-7-12(2)13(10-11)14-8-9-15(17-14)16(3,4)5/h6-10H,1-5H3. The summed E-state index contributed by atoms with van der Waals surface area (Å²) in [6.45, 7) is 11.1. The van der Waals surface area contributed by atoms with Crippen molar-refractivity contribution in [2.75, 3.05) is 0 Å². The molecule has 0 amide bonds. The minimum Gasteiger partial charge on any atom is -0.140 e. The Bertz CT molecular complexity index is 527. The summed E-state index contributed by atoms with van der Waals surface area (Å²) >= 11 is 1.92. The van der Waals surface area contributed by atoms with Crippen LogP contribution in [0.2, 0.25) is 0 Å². The zero-order chi connectivity index (χ0) is 12.6. The van der Waals surface area contributed by atoms with E-state index in [0.717, 1.165) is 0 Å². The molecule has 0 saturated carbocycles. The molecule has 2 rings (SSSR count). The second-order valence-electron chi connectivity index (χ2n) is 5.73. The third-order valence-corrected chi connectivity index (χ3v) is 4.55. The first-order valence-corrected chi connectivity index (χ1v) is 6.87. The number of hydrogen-bond acceptors (Lipinski definition) is 1. The predicted octanol–water partition coefficient (Wildman–Crippen LogP) is 5.33. The van der Waals surface area contributed by atoms with Crippen molar-refractivity contribution in [3.63, 3.8) is 0 Å². The van der Waals surface area contributed by atoms with Gasteiger partial charge in [-0.25, -0.2) is 0 Å². The maximum Gasteiger partial charge on any atom is 0.0348 e. The van der Waals surface area contributed by atoms with Gasteiger partial charge in [-0.1, -0.05) is 44.5 Å². The number of hydrogen-bond donors (Lipinski definition) is 0. The molecule has 1 heteroatoms. The largest absolute Gasteiger partial charge is 0.140 e. The lowest BCUT2D eigenvalue weighted by Gasteiger charge is -2.15. The van der Waals surface area contributed by atoms with E-state index < -0.39 is 0 Å².